The zero-order chi connectivity index (χ0) is 17.7. The van der Waals surface area contributed by atoms with Crippen LogP contribution in [-0.2, 0) is 4.79 Å². The number of thioether (sulfide) groups is 1. The van der Waals surface area contributed by atoms with E-state index in [0.29, 0.717) is 15.6 Å². The Bertz CT molecular complexity index is 793. The zero-order valence-corrected chi connectivity index (χ0v) is 14.2. The van der Waals surface area contributed by atoms with Crippen molar-refractivity contribution in [3.05, 3.63) is 63.2 Å². The first-order valence-corrected chi connectivity index (χ1v) is 8.21. The second-order valence-corrected chi connectivity index (χ2v) is 6.29. The number of halogens is 1. The van der Waals surface area contributed by atoms with Crippen LogP contribution in [0, 0.1) is 10.1 Å². The van der Waals surface area contributed by atoms with E-state index in [2.05, 4.69) is 5.32 Å². The first-order chi connectivity index (χ1) is 11.4. The molecule has 6 nitrogen and oxygen atoms in total. The zero-order valence-electron chi connectivity index (χ0n) is 12.6. The van der Waals surface area contributed by atoms with Crippen molar-refractivity contribution in [1.82, 2.24) is 0 Å². The number of carbonyl (C=O) groups excluding carboxylic acids is 2. The Morgan fingerprint density at radius 2 is 1.88 bits per heavy atom. The summed E-state index contributed by atoms with van der Waals surface area (Å²) in [5, 5.41) is 14.4. The minimum atomic E-state index is -0.564. The van der Waals surface area contributed by atoms with Gasteiger partial charge in [0.1, 0.15) is 0 Å². The molecule has 1 amide bonds. The van der Waals surface area contributed by atoms with Gasteiger partial charge in [-0.25, -0.2) is 0 Å². The number of nitro groups is 1. The number of ketones is 1. The standard InChI is InChI=1S/C16H13ClN2O4S/c1-10(20)11-2-7-15(14(8-11)19(22)23)24-9-16(21)18-13-5-3-12(17)4-6-13/h2-8H,9H2,1H3,(H,18,21). The average molecular weight is 365 g/mol. The molecule has 0 spiro atoms. The topological polar surface area (TPSA) is 89.3 Å². The largest absolute Gasteiger partial charge is 0.325 e. The fourth-order valence-corrected chi connectivity index (χ4v) is 2.81. The molecule has 0 aliphatic heterocycles. The third kappa shape index (κ3) is 4.81. The molecule has 0 aliphatic rings. The van der Waals surface area contributed by atoms with Gasteiger partial charge < -0.3 is 5.32 Å². The molecule has 8 heteroatoms. The van der Waals surface area contributed by atoms with Gasteiger partial charge in [-0.05, 0) is 43.3 Å². The summed E-state index contributed by atoms with van der Waals surface area (Å²) in [5.41, 5.74) is 0.662. The number of anilines is 1. The summed E-state index contributed by atoms with van der Waals surface area (Å²) >= 11 is 6.80. The maximum Gasteiger partial charge on any atom is 0.283 e. The van der Waals surface area contributed by atoms with Crippen molar-refractivity contribution in [2.45, 2.75) is 11.8 Å². The van der Waals surface area contributed by atoms with Gasteiger partial charge in [-0.3, -0.25) is 19.7 Å². The molecule has 124 valence electrons. The van der Waals surface area contributed by atoms with Gasteiger partial charge in [0.15, 0.2) is 5.78 Å². The van der Waals surface area contributed by atoms with E-state index in [1.165, 1.54) is 25.1 Å². The summed E-state index contributed by atoms with van der Waals surface area (Å²) < 4.78 is 0. The Kier molecular flexibility index (Phi) is 5.94. The summed E-state index contributed by atoms with van der Waals surface area (Å²) in [7, 11) is 0. The number of rotatable bonds is 6. The van der Waals surface area contributed by atoms with E-state index in [4.69, 9.17) is 11.6 Å². The van der Waals surface area contributed by atoms with Crippen LogP contribution in [0.15, 0.2) is 47.4 Å². The van der Waals surface area contributed by atoms with Gasteiger partial charge >= 0.3 is 0 Å². The summed E-state index contributed by atoms with van der Waals surface area (Å²) in [4.78, 5) is 34.2. The Labute approximate surface area is 147 Å². The molecule has 24 heavy (non-hydrogen) atoms. The third-order valence-electron chi connectivity index (χ3n) is 3.05. The highest BCUT2D eigenvalue weighted by Gasteiger charge is 2.17. The van der Waals surface area contributed by atoms with E-state index in [0.717, 1.165) is 11.8 Å². The van der Waals surface area contributed by atoms with Gasteiger partial charge in [0.05, 0.1) is 15.6 Å². The number of amides is 1. The highest BCUT2D eigenvalue weighted by molar-refractivity contribution is 8.00. The summed E-state index contributed by atoms with van der Waals surface area (Å²) in [6.07, 6.45) is 0. The molecule has 0 saturated carbocycles. The molecule has 0 unspecified atom stereocenters. The normalized spacial score (nSPS) is 10.2. The number of hydrogen-bond acceptors (Lipinski definition) is 5. The van der Waals surface area contributed by atoms with Crippen molar-refractivity contribution in [3.8, 4) is 0 Å². The molecular formula is C16H13ClN2O4S. The molecular weight excluding hydrogens is 352 g/mol. The fraction of sp³-hybridized carbons (Fsp3) is 0.125. The van der Waals surface area contributed by atoms with Crippen molar-refractivity contribution in [1.29, 1.82) is 0 Å². The minimum absolute atomic E-state index is 0.00286. The van der Waals surface area contributed by atoms with Crippen LogP contribution in [-0.4, -0.2) is 22.4 Å². The molecule has 2 aromatic rings. The molecule has 1 N–H and O–H groups in total. The Morgan fingerprint density at radius 1 is 1.21 bits per heavy atom. The minimum Gasteiger partial charge on any atom is -0.325 e. The monoisotopic (exact) mass is 364 g/mol. The summed E-state index contributed by atoms with van der Waals surface area (Å²) in [6, 6.07) is 10.8. The van der Waals surface area contributed by atoms with Gasteiger partial charge in [-0.2, -0.15) is 0 Å². The van der Waals surface area contributed by atoms with Crippen molar-refractivity contribution < 1.29 is 14.5 Å². The number of nitro benzene ring substituents is 1. The van der Waals surface area contributed by atoms with Gasteiger partial charge in [-0.15, -0.1) is 11.8 Å². The molecule has 0 heterocycles. The highest BCUT2D eigenvalue weighted by atomic mass is 35.5. The number of nitrogens with zero attached hydrogens (tertiary/aromatic N) is 1. The molecule has 0 aliphatic carbocycles. The van der Waals surface area contributed by atoms with Crippen LogP contribution >= 0.6 is 23.4 Å². The molecule has 2 aromatic carbocycles. The first kappa shape index (κ1) is 18.0. The van der Waals surface area contributed by atoms with Gasteiger partial charge in [0, 0.05) is 22.3 Å². The highest BCUT2D eigenvalue weighted by Crippen LogP contribution is 2.30. The lowest BCUT2D eigenvalue weighted by Crippen LogP contribution is -2.14. The molecule has 0 atom stereocenters. The maximum atomic E-state index is 11.9. The second kappa shape index (κ2) is 7.94. The molecule has 0 aromatic heterocycles. The SMILES string of the molecule is CC(=O)c1ccc(SCC(=O)Nc2ccc(Cl)cc2)c([N+](=O)[O-])c1. The van der Waals surface area contributed by atoms with Crippen LogP contribution in [0.2, 0.25) is 5.02 Å². The van der Waals surface area contributed by atoms with Crippen molar-refractivity contribution in [3.63, 3.8) is 0 Å². The number of carbonyl (C=O) groups is 2. The van der Waals surface area contributed by atoms with E-state index < -0.39 is 4.92 Å². The van der Waals surface area contributed by atoms with Crippen LogP contribution in [0.1, 0.15) is 17.3 Å². The van der Waals surface area contributed by atoms with E-state index in [9.17, 15) is 19.7 Å². The molecule has 0 radical (unpaired) electrons. The number of nitrogens with one attached hydrogen (secondary N) is 1. The summed E-state index contributed by atoms with van der Waals surface area (Å²) in [5.74, 6) is -0.550. The Morgan fingerprint density at radius 3 is 2.46 bits per heavy atom. The third-order valence-corrected chi connectivity index (χ3v) is 4.36. The maximum absolute atomic E-state index is 11.9. The van der Waals surface area contributed by atoms with Crippen LogP contribution in [0.4, 0.5) is 11.4 Å². The number of benzene rings is 2. The second-order valence-electron chi connectivity index (χ2n) is 4.84. The predicted molar refractivity (Wildman–Crippen MR) is 93.9 cm³/mol. The summed E-state index contributed by atoms with van der Waals surface area (Å²) in [6.45, 7) is 1.34. The van der Waals surface area contributed by atoms with E-state index >= 15 is 0 Å². The predicted octanol–water partition coefficient (Wildman–Crippen LogP) is 4.18. The molecule has 0 saturated heterocycles. The fourth-order valence-electron chi connectivity index (χ4n) is 1.87. The lowest BCUT2D eigenvalue weighted by Gasteiger charge is -2.06. The molecule has 0 bridgehead atoms. The first-order valence-electron chi connectivity index (χ1n) is 6.84. The number of Topliss-reactive ketones (excluding diaryl/α,β-unsaturated/α-hetero) is 1. The lowest BCUT2D eigenvalue weighted by atomic mass is 10.1. The Hall–Kier alpha value is -2.38. The lowest BCUT2D eigenvalue weighted by molar-refractivity contribution is -0.387. The van der Waals surface area contributed by atoms with Gasteiger partial charge in [0.2, 0.25) is 5.91 Å². The van der Waals surface area contributed by atoms with Gasteiger partial charge in [-0.1, -0.05) is 11.6 Å². The van der Waals surface area contributed by atoms with E-state index in [1.807, 2.05) is 0 Å². The molecule has 2 rings (SSSR count). The molecule has 0 fully saturated rings. The van der Waals surface area contributed by atoms with E-state index in [1.54, 1.807) is 24.3 Å². The van der Waals surface area contributed by atoms with Crippen LogP contribution < -0.4 is 5.32 Å². The van der Waals surface area contributed by atoms with Crippen LogP contribution in [0.3, 0.4) is 0 Å². The average Bonchev–Trinajstić information content (AvgIpc) is 2.54. The van der Waals surface area contributed by atoms with Crippen molar-refractivity contribution >= 4 is 46.4 Å². The van der Waals surface area contributed by atoms with Crippen LogP contribution in [0.5, 0.6) is 0 Å². The van der Waals surface area contributed by atoms with E-state index in [-0.39, 0.29) is 28.7 Å². The van der Waals surface area contributed by atoms with Crippen molar-refractivity contribution in [2.24, 2.45) is 0 Å². The Balaban J connectivity index is 2.05. The van der Waals surface area contributed by atoms with Crippen molar-refractivity contribution in [2.75, 3.05) is 11.1 Å². The van der Waals surface area contributed by atoms with Crippen LogP contribution in [0.25, 0.3) is 0 Å². The quantitative estimate of drug-likeness (QED) is 0.359. The number of hydrogen-bond donors (Lipinski definition) is 1. The smallest absolute Gasteiger partial charge is 0.283 e. The van der Waals surface area contributed by atoms with Gasteiger partial charge in [0.25, 0.3) is 5.69 Å².